The number of ether oxygens (including phenoxy) is 1. The minimum absolute atomic E-state index is 0.120. The van der Waals surface area contributed by atoms with E-state index in [1.54, 1.807) is 18.0 Å². The van der Waals surface area contributed by atoms with Crippen LogP contribution >= 0.6 is 0 Å². The standard InChI is InChI=1S/C14H16N2O3/c1-16-9-11(8-15-16)12-5-3-10(4-6-14(17)18)7-13(12)19-2/h3,5,7-9H,4,6H2,1-2H3,(H,17,18). The lowest BCUT2D eigenvalue weighted by atomic mass is 10.0. The highest BCUT2D eigenvalue weighted by Crippen LogP contribution is 2.30. The van der Waals surface area contributed by atoms with Gasteiger partial charge in [-0.2, -0.15) is 5.10 Å². The van der Waals surface area contributed by atoms with Gasteiger partial charge in [-0.15, -0.1) is 0 Å². The molecule has 0 unspecified atom stereocenters. The number of hydrogen-bond acceptors (Lipinski definition) is 3. The summed E-state index contributed by atoms with van der Waals surface area (Å²) in [4.78, 5) is 10.6. The Bertz CT molecular complexity index is 590. The van der Waals surface area contributed by atoms with Gasteiger partial charge in [0.1, 0.15) is 5.75 Å². The minimum Gasteiger partial charge on any atom is -0.496 e. The van der Waals surface area contributed by atoms with E-state index in [-0.39, 0.29) is 6.42 Å². The predicted molar refractivity (Wildman–Crippen MR) is 71.2 cm³/mol. The quantitative estimate of drug-likeness (QED) is 0.894. The molecule has 0 aliphatic rings. The van der Waals surface area contributed by atoms with E-state index >= 15 is 0 Å². The average Bonchev–Trinajstić information content (AvgIpc) is 2.82. The molecule has 0 saturated carbocycles. The average molecular weight is 260 g/mol. The molecular weight excluding hydrogens is 244 g/mol. The molecule has 1 heterocycles. The summed E-state index contributed by atoms with van der Waals surface area (Å²) in [6.45, 7) is 0. The first-order chi connectivity index (χ1) is 9.10. The maximum absolute atomic E-state index is 10.6. The van der Waals surface area contributed by atoms with Gasteiger partial charge in [-0.25, -0.2) is 0 Å². The molecule has 1 aromatic carbocycles. The topological polar surface area (TPSA) is 64.3 Å². The zero-order valence-corrected chi connectivity index (χ0v) is 11.0. The van der Waals surface area contributed by atoms with Crippen molar-refractivity contribution in [2.45, 2.75) is 12.8 Å². The largest absolute Gasteiger partial charge is 0.496 e. The first kappa shape index (κ1) is 13.1. The molecule has 0 fully saturated rings. The molecule has 2 rings (SSSR count). The van der Waals surface area contributed by atoms with Crippen LogP contribution in [0.25, 0.3) is 11.1 Å². The molecule has 0 radical (unpaired) electrons. The van der Waals surface area contributed by atoms with Crippen molar-refractivity contribution in [3.05, 3.63) is 36.2 Å². The molecule has 0 bridgehead atoms. The van der Waals surface area contributed by atoms with Gasteiger partial charge in [0.25, 0.3) is 0 Å². The fraction of sp³-hybridized carbons (Fsp3) is 0.286. The fourth-order valence-corrected chi connectivity index (χ4v) is 1.94. The maximum atomic E-state index is 10.6. The van der Waals surface area contributed by atoms with Crippen molar-refractivity contribution in [3.63, 3.8) is 0 Å². The van der Waals surface area contributed by atoms with Crippen molar-refractivity contribution < 1.29 is 14.6 Å². The monoisotopic (exact) mass is 260 g/mol. The number of methoxy groups -OCH3 is 1. The van der Waals surface area contributed by atoms with Crippen LogP contribution < -0.4 is 4.74 Å². The van der Waals surface area contributed by atoms with E-state index in [0.29, 0.717) is 6.42 Å². The number of carbonyl (C=O) groups is 1. The summed E-state index contributed by atoms with van der Waals surface area (Å²) >= 11 is 0. The van der Waals surface area contributed by atoms with Crippen molar-refractivity contribution in [2.75, 3.05) is 7.11 Å². The highest BCUT2D eigenvalue weighted by molar-refractivity contribution is 5.70. The lowest BCUT2D eigenvalue weighted by Crippen LogP contribution is -1.98. The summed E-state index contributed by atoms with van der Waals surface area (Å²) in [5.41, 5.74) is 2.88. The van der Waals surface area contributed by atoms with Crippen molar-refractivity contribution in [1.29, 1.82) is 0 Å². The molecule has 2 aromatic rings. The third-order valence-corrected chi connectivity index (χ3v) is 2.91. The lowest BCUT2D eigenvalue weighted by Gasteiger charge is -2.09. The van der Waals surface area contributed by atoms with Gasteiger partial charge in [0.2, 0.25) is 0 Å². The Morgan fingerprint density at radius 2 is 2.26 bits per heavy atom. The second-order valence-corrected chi connectivity index (χ2v) is 4.33. The van der Waals surface area contributed by atoms with Crippen LogP contribution in [0.15, 0.2) is 30.6 Å². The fourth-order valence-electron chi connectivity index (χ4n) is 1.94. The van der Waals surface area contributed by atoms with Gasteiger partial charge < -0.3 is 9.84 Å². The van der Waals surface area contributed by atoms with E-state index in [4.69, 9.17) is 9.84 Å². The minimum atomic E-state index is -0.796. The van der Waals surface area contributed by atoms with Gasteiger partial charge in [-0.3, -0.25) is 9.48 Å². The molecule has 5 heteroatoms. The summed E-state index contributed by atoms with van der Waals surface area (Å²) < 4.78 is 7.10. The van der Waals surface area contributed by atoms with Crippen LogP contribution in [0.3, 0.4) is 0 Å². The van der Waals surface area contributed by atoms with Crippen LogP contribution in [0.4, 0.5) is 0 Å². The third-order valence-electron chi connectivity index (χ3n) is 2.91. The van der Waals surface area contributed by atoms with Gasteiger partial charge >= 0.3 is 5.97 Å². The smallest absolute Gasteiger partial charge is 0.303 e. The van der Waals surface area contributed by atoms with E-state index in [2.05, 4.69) is 5.10 Å². The van der Waals surface area contributed by atoms with Crippen LogP contribution in [0.2, 0.25) is 0 Å². The van der Waals surface area contributed by atoms with E-state index in [0.717, 1.165) is 22.4 Å². The predicted octanol–water partition coefficient (Wildman–Crippen LogP) is 2.11. The SMILES string of the molecule is COc1cc(CCC(=O)O)ccc1-c1cnn(C)c1. The second-order valence-electron chi connectivity index (χ2n) is 4.33. The lowest BCUT2D eigenvalue weighted by molar-refractivity contribution is -0.136. The van der Waals surface area contributed by atoms with E-state index in [9.17, 15) is 4.79 Å². The Balaban J connectivity index is 2.28. The number of aryl methyl sites for hydroxylation is 2. The molecule has 1 N–H and O–H groups in total. The Morgan fingerprint density at radius 1 is 1.47 bits per heavy atom. The number of hydrogen-bond donors (Lipinski definition) is 1. The summed E-state index contributed by atoms with van der Waals surface area (Å²) in [5, 5.41) is 12.8. The number of carboxylic acids is 1. The molecule has 5 nitrogen and oxygen atoms in total. The van der Waals surface area contributed by atoms with E-state index in [1.807, 2.05) is 31.4 Å². The van der Waals surface area contributed by atoms with Crippen LogP contribution in [-0.4, -0.2) is 28.0 Å². The highest BCUT2D eigenvalue weighted by atomic mass is 16.5. The first-order valence-electron chi connectivity index (χ1n) is 5.98. The summed E-state index contributed by atoms with van der Waals surface area (Å²) in [6.07, 6.45) is 4.30. The van der Waals surface area contributed by atoms with Crippen molar-refractivity contribution >= 4 is 5.97 Å². The third kappa shape index (κ3) is 3.13. The molecule has 1 aromatic heterocycles. The van der Waals surface area contributed by atoms with Crippen LogP contribution in [0.5, 0.6) is 5.75 Å². The molecule has 100 valence electrons. The summed E-state index contributed by atoms with van der Waals surface area (Å²) in [7, 11) is 3.47. The maximum Gasteiger partial charge on any atom is 0.303 e. The summed E-state index contributed by atoms with van der Waals surface area (Å²) in [5.74, 6) is -0.0637. The molecule has 0 atom stereocenters. The molecular formula is C14H16N2O3. The number of rotatable bonds is 5. The van der Waals surface area contributed by atoms with Crippen LogP contribution in [0, 0.1) is 0 Å². The highest BCUT2D eigenvalue weighted by Gasteiger charge is 2.09. The number of nitrogens with zero attached hydrogens (tertiary/aromatic N) is 2. The summed E-state index contributed by atoms with van der Waals surface area (Å²) in [6, 6.07) is 5.74. The van der Waals surface area contributed by atoms with Crippen LogP contribution in [-0.2, 0) is 18.3 Å². The molecule has 0 spiro atoms. The molecule has 19 heavy (non-hydrogen) atoms. The zero-order chi connectivity index (χ0) is 13.8. The Morgan fingerprint density at radius 3 is 2.84 bits per heavy atom. The number of benzene rings is 1. The van der Waals surface area contributed by atoms with E-state index in [1.165, 1.54) is 0 Å². The second kappa shape index (κ2) is 5.56. The Kier molecular flexibility index (Phi) is 3.85. The molecule has 0 aliphatic heterocycles. The van der Waals surface area contributed by atoms with Crippen molar-refractivity contribution in [1.82, 2.24) is 9.78 Å². The van der Waals surface area contributed by atoms with Crippen LogP contribution in [0.1, 0.15) is 12.0 Å². The molecule has 0 amide bonds. The van der Waals surface area contributed by atoms with Gasteiger partial charge in [0.15, 0.2) is 0 Å². The van der Waals surface area contributed by atoms with Gasteiger partial charge in [-0.1, -0.05) is 12.1 Å². The van der Waals surface area contributed by atoms with Gasteiger partial charge in [0, 0.05) is 30.8 Å². The number of aromatic nitrogens is 2. The first-order valence-corrected chi connectivity index (χ1v) is 5.98. The van der Waals surface area contributed by atoms with Crippen molar-refractivity contribution in [2.24, 2.45) is 7.05 Å². The number of aliphatic carboxylic acids is 1. The molecule has 0 aliphatic carbocycles. The molecule has 0 saturated heterocycles. The normalized spacial score (nSPS) is 10.4. The number of carboxylic acid groups (broad SMARTS) is 1. The Labute approximate surface area is 111 Å². The van der Waals surface area contributed by atoms with Crippen molar-refractivity contribution in [3.8, 4) is 16.9 Å². The zero-order valence-electron chi connectivity index (χ0n) is 11.0. The van der Waals surface area contributed by atoms with Gasteiger partial charge in [0.05, 0.1) is 13.3 Å². The Hall–Kier alpha value is -2.30. The van der Waals surface area contributed by atoms with Gasteiger partial charge in [-0.05, 0) is 18.1 Å². The van der Waals surface area contributed by atoms with E-state index < -0.39 is 5.97 Å².